The molecule has 17 heavy (non-hydrogen) atoms. The molecule has 0 heterocycles. The first kappa shape index (κ1) is 11.8. The molecule has 0 fully saturated rings. The van der Waals surface area contributed by atoms with E-state index in [1.807, 2.05) is 0 Å². The quantitative estimate of drug-likeness (QED) is 0.845. The van der Waals surface area contributed by atoms with Crippen LogP contribution >= 0.6 is 0 Å². The number of hydrogen-bond donors (Lipinski definition) is 2. The molecule has 2 nitrogen and oxygen atoms in total. The first-order chi connectivity index (χ1) is 8.22. The molecule has 0 aliphatic rings. The van der Waals surface area contributed by atoms with Crippen molar-refractivity contribution in [1.29, 1.82) is 0 Å². The largest absolute Gasteiger partial charge is 0.326 e. The van der Waals surface area contributed by atoms with Gasteiger partial charge in [-0.25, -0.2) is 0 Å². The maximum absolute atomic E-state index is 5.69. The van der Waals surface area contributed by atoms with Gasteiger partial charge in [0.25, 0.3) is 0 Å². The fourth-order valence-electron chi connectivity index (χ4n) is 1.98. The van der Waals surface area contributed by atoms with Crippen molar-refractivity contribution in [2.24, 2.45) is 11.5 Å². The molecule has 0 saturated carbocycles. The van der Waals surface area contributed by atoms with E-state index in [-0.39, 0.29) is 0 Å². The Morgan fingerprint density at radius 2 is 1.41 bits per heavy atom. The van der Waals surface area contributed by atoms with Gasteiger partial charge in [-0.15, -0.1) is 0 Å². The zero-order valence-corrected chi connectivity index (χ0v) is 10.1. The lowest BCUT2D eigenvalue weighted by molar-refractivity contribution is 1.06. The van der Waals surface area contributed by atoms with Gasteiger partial charge in [0.15, 0.2) is 0 Å². The average molecular weight is 226 g/mol. The molecule has 0 unspecified atom stereocenters. The SMILES string of the molecule is Cc1cc(CN)cc(-c2ccc(CN)cc2)c1. The fraction of sp³-hybridized carbons (Fsp3) is 0.200. The van der Waals surface area contributed by atoms with Crippen LogP contribution in [0.4, 0.5) is 0 Å². The summed E-state index contributed by atoms with van der Waals surface area (Å²) in [6.07, 6.45) is 0. The fourth-order valence-corrected chi connectivity index (χ4v) is 1.98. The van der Waals surface area contributed by atoms with Gasteiger partial charge in [0.2, 0.25) is 0 Å². The first-order valence-corrected chi connectivity index (χ1v) is 5.83. The first-order valence-electron chi connectivity index (χ1n) is 5.83. The Hall–Kier alpha value is -1.64. The van der Waals surface area contributed by atoms with Crippen LogP contribution in [0.15, 0.2) is 42.5 Å². The van der Waals surface area contributed by atoms with E-state index in [4.69, 9.17) is 11.5 Å². The summed E-state index contributed by atoms with van der Waals surface area (Å²) in [6, 6.07) is 14.8. The van der Waals surface area contributed by atoms with Crippen LogP contribution in [0, 0.1) is 6.92 Å². The molecule has 2 rings (SSSR count). The molecule has 0 atom stereocenters. The van der Waals surface area contributed by atoms with E-state index in [1.54, 1.807) is 0 Å². The van der Waals surface area contributed by atoms with Crippen LogP contribution in [0.25, 0.3) is 11.1 Å². The van der Waals surface area contributed by atoms with Gasteiger partial charge in [-0.05, 0) is 35.2 Å². The molecule has 0 bridgehead atoms. The summed E-state index contributed by atoms with van der Waals surface area (Å²) in [7, 11) is 0. The third-order valence-electron chi connectivity index (χ3n) is 2.90. The van der Waals surface area contributed by atoms with Crippen LogP contribution < -0.4 is 11.5 Å². The van der Waals surface area contributed by atoms with E-state index in [0.717, 1.165) is 5.56 Å². The second kappa shape index (κ2) is 5.13. The molecular weight excluding hydrogens is 208 g/mol. The number of benzene rings is 2. The lowest BCUT2D eigenvalue weighted by Gasteiger charge is -2.07. The van der Waals surface area contributed by atoms with Crippen LogP contribution in [-0.2, 0) is 13.1 Å². The van der Waals surface area contributed by atoms with E-state index >= 15 is 0 Å². The van der Waals surface area contributed by atoms with Crippen LogP contribution in [-0.4, -0.2) is 0 Å². The van der Waals surface area contributed by atoms with Crippen molar-refractivity contribution in [3.63, 3.8) is 0 Å². The molecule has 0 saturated heterocycles. The van der Waals surface area contributed by atoms with Crippen LogP contribution in [0.5, 0.6) is 0 Å². The lowest BCUT2D eigenvalue weighted by atomic mass is 9.99. The van der Waals surface area contributed by atoms with E-state index in [0.29, 0.717) is 13.1 Å². The highest BCUT2D eigenvalue weighted by Crippen LogP contribution is 2.22. The summed E-state index contributed by atoms with van der Waals surface area (Å²) in [4.78, 5) is 0. The molecule has 0 spiro atoms. The Morgan fingerprint density at radius 1 is 0.765 bits per heavy atom. The van der Waals surface area contributed by atoms with Gasteiger partial charge in [-0.2, -0.15) is 0 Å². The molecule has 0 aromatic heterocycles. The second-order valence-electron chi connectivity index (χ2n) is 4.31. The Morgan fingerprint density at radius 3 is 2.00 bits per heavy atom. The van der Waals surface area contributed by atoms with Gasteiger partial charge in [0, 0.05) is 13.1 Å². The van der Waals surface area contributed by atoms with Crippen LogP contribution in [0.2, 0.25) is 0 Å². The Kier molecular flexibility index (Phi) is 3.57. The molecule has 2 aromatic carbocycles. The van der Waals surface area contributed by atoms with Gasteiger partial charge < -0.3 is 11.5 Å². The highest BCUT2D eigenvalue weighted by atomic mass is 14.5. The van der Waals surface area contributed by atoms with Crippen LogP contribution in [0.1, 0.15) is 16.7 Å². The van der Waals surface area contributed by atoms with Crippen molar-refractivity contribution in [2.45, 2.75) is 20.0 Å². The summed E-state index contributed by atoms with van der Waals surface area (Å²) >= 11 is 0. The summed E-state index contributed by atoms with van der Waals surface area (Å²) < 4.78 is 0. The highest BCUT2D eigenvalue weighted by molar-refractivity contribution is 5.65. The molecule has 2 aromatic rings. The monoisotopic (exact) mass is 226 g/mol. The van der Waals surface area contributed by atoms with Gasteiger partial charge in [0.05, 0.1) is 0 Å². The minimum atomic E-state index is 0.579. The zero-order chi connectivity index (χ0) is 12.3. The van der Waals surface area contributed by atoms with Gasteiger partial charge in [0.1, 0.15) is 0 Å². The molecule has 0 aliphatic heterocycles. The maximum atomic E-state index is 5.69. The summed E-state index contributed by atoms with van der Waals surface area (Å²) in [5.74, 6) is 0. The van der Waals surface area contributed by atoms with E-state index in [1.165, 1.54) is 22.3 Å². The van der Waals surface area contributed by atoms with Crippen molar-refractivity contribution in [1.82, 2.24) is 0 Å². The zero-order valence-electron chi connectivity index (χ0n) is 10.1. The van der Waals surface area contributed by atoms with Gasteiger partial charge >= 0.3 is 0 Å². The Labute approximate surface area is 102 Å². The lowest BCUT2D eigenvalue weighted by Crippen LogP contribution is -1.97. The van der Waals surface area contributed by atoms with Crippen molar-refractivity contribution in [3.8, 4) is 11.1 Å². The molecule has 2 heteroatoms. The number of aryl methyl sites for hydroxylation is 1. The summed E-state index contributed by atoms with van der Waals surface area (Å²) in [5.41, 5.74) is 17.3. The summed E-state index contributed by atoms with van der Waals surface area (Å²) in [6.45, 7) is 3.26. The topological polar surface area (TPSA) is 52.0 Å². The predicted octanol–water partition coefficient (Wildman–Crippen LogP) is 2.58. The molecule has 88 valence electrons. The summed E-state index contributed by atoms with van der Waals surface area (Å²) in [5, 5.41) is 0. The minimum absolute atomic E-state index is 0.579. The molecule has 4 N–H and O–H groups in total. The molecular formula is C15H18N2. The third kappa shape index (κ3) is 2.73. The van der Waals surface area contributed by atoms with Crippen LogP contribution in [0.3, 0.4) is 0 Å². The predicted molar refractivity (Wildman–Crippen MR) is 72.4 cm³/mol. The maximum Gasteiger partial charge on any atom is 0.0178 e. The Bertz CT molecular complexity index is 501. The van der Waals surface area contributed by atoms with Crippen molar-refractivity contribution >= 4 is 0 Å². The Balaban J connectivity index is 2.41. The molecule has 0 radical (unpaired) electrons. The average Bonchev–Trinajstić information content (AvgIpc) is 2.38. The highest BCUT2D eigenvalue weighted by Gasteiger charge is 2.01. The standard InChI is InChI=1S/C15H18N2/c1-11-6-13(10-17)8-15(7-11)14-4-2-12(9-16)3-5-14/h2-8H,9-10,16-17H2,1H3. The number of rotatable bonds is 3. The number of hydrogen-bond acceptors (Lipinski definition) is 2. The molecule has 0 amide bonds. The van der Waals surface area contributed by atoms with E-state index < -0.39 is 0 Å². The molecule has 0 aliphatic carbocycles. The van der Waals surface area contributed by atoms with Crippen molar-refractivity contribution < 1.29 is 0 Å². The van der Waals surface area contributed by atoms with E-state index in [9.17, 15) is 0 Å². The number of nitrogens with two attached hydrogens (primary N) is 2. The third-order valence-corrected chi connectivity index (χ3v) is 2.90. The van der Waals surface area contributed by atoms with Gasteiger partial charge in [-0.3, -0.25) is 0 Å². The second-order valence-corrected chi connectivity index (χ2v) is 4.31. The minimum Gasteiger partial charge on any atom is -0.326 e. The van der Waals surface area contributed by atoms with Crippen molar-refractivity contribution in [3.05, 3.63) is 59.2 Å². The van der Waals surface area contributed by atoms with Gasteiger partial charge in [-0.1, -0.05) is 42.0 Å². The van der Waals surface area contributed by atoms with E-state index in [2.05, 4.69) is 49.4 Å². The normalized spacial score (nSPS) is 10.5. The van der Waals surface area contributed by atoms with Crippen molar-refractivity contribution in [2.75, 3.05) is 0 Å². The smallest absolute Gasteiger partial charge is 0.0178 e.